The van der Waals surface area contributed by atoms with Gasteiger partial charge in [0.2, 0.25) is 0 Å². The van der Waals surface area contributed by atoms with Crippen molar-refractivity contribution in [2.45, 2.75) is 110 Å². The molecule has 0 spiro atoms. The molecule has 1 aromatic rings. The van der Waals surface area contributed by atoms with Crippen LogP contribution in [-0.4, -0.2) is 22.3 Å². The molecule has 0 aliphatic heterocycles. The summed E-state index contributed by atoms with van der Waals surface area (Å²) in [5, 5.41) is 0. The van der Waals surface area contributed by atoms with Crippen LogP contribution >= 0.6 is 0 Å². The van der Waals surface area contributed by atoms with E-state index < -0.39 is 0 Å². The molecule has 0 aliphatic rings. The molecule has 1 rings (SSSR count). The zero-order valence-electron chi connectivity index (χ0n) is 16.2. The molecular formula is C21H40N2O. The topological polar surface area (TPSA) is 27.1 Å². The highest BCUT2D eigenvalue weighted by Gasteiger charge is 2.09. The second-order valence-electron chi connectivity index (χ2n) is 7.08. The molecule has 0 saturated carbocycles. The maximum absolute atomic E-state index is 6.17. The molecule has 0 radical (unpaired) electrons. The Kier molecular flexibility index (Phi) is 13.9. The molecule has 140 valence electrons. The Balaban J connectivity index is 2.13. The van der Waals surface area contributed by atoms with Gasteiger partial charge in [-0.3, -0.25) is 0 Å². The van der Waals surface area contributed by atoms with Gasteiger partial charge in [-0.05, 0) is 12.8 Å². The van der Waals surface area contributed by atoms with Gasteiger partial charge in [0.25, 0.3) is 0 Å². The average molecular weight is 337 g/mol. The van der Waals surface area contributed by atoms with Gasteiger partial charge in [0.15, 0.2) is 0 Å². The molecule has 1 atom stereocenters. The van der Waals surface area contributed by atoms with Gasteiger partial charge < -0.3 is 9.30 Å². The Morgan fingerprint density at radius 2 is 1.46 bits per heavy atom. The van der Waals surface area contributed by atoms with Crippen molar-refractivity contribution in [2.75, 3.05) is 6.61 Å². The van der Waals surface area contributed by atoms with E-state index in [1.807, 2.05) is 18.7 Å². The summed E-state index contributed by atoms with van der Waals surface area (Å²) >= 11 is 0. The van der Waals surface area contributed by atoms with Crippen LogP contribution in [0.25, 0.3) is 0 Å². The van der Waals surface area contributed by atoms with Crippen LogP contribution < -0.4 is 0 Å². The van der Waals surface area contributed by atoms with E-state index >= 15 is 0 Å². The fourth-order valence-electron chi connectivity index (χ4n) is 3.14. The minimum Gasteiger partial charge on any atom is -0.376 e. The summed E-state index contributed by atoms with van der Waals surface area (Å²) in [7, 11) is 0. The number of hydrogen-bond donors (Lipinski definition) is 0. The Bertz CT molecular complexity index is 351. The number of imidazole rings is 1. The summed E-state index contributed by atoms with van der Waals surface area (Å²) in [6.45, 7) is 6.40. The van der Waals surface area contributed by atoms with E-state index in [0.717, 1.165) is 13.2 Å². The number of hydrogen-bond acceptors (Lipinski definition) is 2. The smallest absolute Gasteiger partial charge is 0.0946 e. The molecule has 3 nitrogen and oxygen atoms in total. The van der Waals surface area contributed by atoms with Crippen molar-refractivity contribution < 1.29 is 4.74 Å². The van der Waals surface area contributed by atoms with Gasteiger partial charge in [0.05, 0.1) is 12.4 Å². The van der Waals surface area contributed by atoms with Crippen molar-refractivity contribution in [1.29, 1.82) is 0 Å². The third kappa shape index (κ3) is 11.7. The Morgan fingerprint density at radius 1 is 0.833 bits per heavy atom. The second-order valence-corrected chi connectivity index (χ2v) is 7.08. The Hall–Kier alpha value is -0.830. The van der Waals surface area contributed by atoms with Gasteiger partial charge in [0.1, 0.15) is 0 Å². The van der Waals surface area contributed by atoms with E-state index in [1.54, 1.807) is 0 Å². The molecule has 0 saturated heterocycles. The molecule has 24 heavy (non-hydrogen) atoms. The van der Waals surface area contributed by atoms with Crippen LogP contribution in [0.1, 0.15) is 97.3 Å². The number of rotatable bonds is 17. The molecule has 0 aliphatic carbocycles. The first-order valence-corrected chi connectivity index (χ1v) is 10.4. The fraction of sp³-hybridized carbons (Fsp3) is 0.857. The molecule has 0 fully saturated rings. The zero-order chi connectivity index (χ0) is 17.3. The van der Waals surface area contributed by atoms with Crippen molar-refractivity contribution >= 4 is 0 Å². The van der Waals surface area contributed by atoms with E-state index in [2.05, 4.69) is 23.4 Å². The summed E-state index contributed by atoms with van der Waals surface area (Å²) < 4.78 is 8.33. The highest BCUT2D eigenvalue weighted by Crippen LogP contribution is 2.14. The number of ether oxygens (including phenoxy) is 1. The van der Waals surface area contributed by atoms with Crippen molar-refractivity contribution in [3.05, 3.63) is 18.7 Å². The summed E-state index contributed by atoms with van der Waals surface area (Å²) in [4.78, 5) is 4.15. The van der Waals surface area contributed by atoms with Crippen molar-refractivity contribution in [2.24, 2.45) is 0 Å². The van der Waals surface area contributed by atoms with Gasteiger partial charge >= 0.3 is 0 Å². The lowest BCUT2D eigenvalue weighted by molar-refractivity contribution is 0.0317. The molecule has 0 amide bonds. The molecule has 3 heteroatoms. The van der Waals surface area contributed by atoms with Crippen LogP contribution in [0.3, 0.4) is 0 Å². The molecule has 1 aromatic heterocycles. The molecule has 1 heterocycles. The molecule has 0 N–H and O–H groups in total. The van der Waals surface area contributed by atoms with Gasteiger partial charge in [-0.2, -0.15) is 0 Å². The number of nitrogens with zero attached hydrogens (tertiary/aromatic N) is 2. The van der Waals surface area contributed by atoms with Crippen LogP contribution in [0.15, 0.2) is 18.7 Å². The highest BCUT2D eigenvalue weighted by molar-refractivity contribution is 4.76. The predicted molar refractivity (Wildman–Crippen MR) is 103 cm³/mol. The lowest BCUT2D eigenvalue weighted by Crippen LogP contribution is -2.20. The monoisotopic (exact) mass is 336 g/mol. The van der Waals surface area contributed by atoms with Crippen LogP contribution in [0, 0.1) is 0 Å². The maximum Gasteiger partial charge on any atom is 0.0946 e. The SMILES string of the molecule is CCCCCCCCCCC(Cn1ccnc1)OCCCCCC. The quantitative estimate of drug-likeness (QED) is 0.309. The van der Waals surface area contributed by atoms with Crippen molar-refractivity contribution in [3.63, 3.8) is 0 Å². The first kappa shape index (κ1) is 21.2. The Labute approximate surface area is 150 Å². The van der Waals surface area contributed by atoms with Crippen molar-refractivity contribution in [1.82, 2.24) is 9.55 Å². The maximum atomic E-state index is 6.17. The van der Waals surface area contributed by atoms with E-state index in [-0.39, 0.29) is 0 Å². The summed E-state index contributed by atoms with van der Waals surface area (Å²) in [5.41, 5.74) is 0. The highest BCUT2D eigenvalue weighted by atomic mass is 16.5. The van der Waals surface area contributed by atoms with Crippen LogP contribution in [0.2, 0.25) is 0 Å². The third-order valence-electron chi connectivity index (χ3n) is 4.70. The zero-order valence-corrected chi connectivity index (χ0v) is 16.2. The third-order valence-corrected chi connectivity index (χ3v) is 4.70. The normalized spacial score (nSPS) is 12.6. The Morgan fingerprint density at radius 3 is 2.08 bits per heavy atom. The molecular weight excluding hydrogens is 296 g/mol. The number of aromatic nitrogens is 2. The molecule has 0 bridgehead atoms. The second kappa shape index (κ2) is 15.7. The van der Waals surface area contributed by atoms with Crippen LogP contribution in [0.4, 0.5) is 0 Å². The van der Waals surface area contributed by atoms with Crippen LogP contribution in [-0.2, 0) is 11.3 Å². The minimum absolute atomic E-state index is 0.348. The molecule has 0 aromatic carbocycles. The summed E-state index contributed by atoms with van der Waals surface area (Å²) in [6, 6.07) is 0. The van der Waals surface area contributed by atoms with Gasteiger partial charge in [-0.1, -0.05) is 84.5 Å². The predicted octanol–water partition coefficient (Wildman–Crippen LogP) is 6.38. The largest absolute Gasteiger partial charge is 0.376 e. The summed E-state index contributed by atoms with van der Waals surface area (Å²) in [5.74, 6) is 0. The summed E-state index contributed by atoms with van der Waals surface area (Å²) in [6.07, 6.45) is 23.5. The minimum atomic E-state index is 0.348. The van der Waals surface area contributed by atoms with E-state index in [9.17, 15) is 0 Å². The van der Waals surface area contributed by atoms with Crippen molar-refractivity contribution in [3.8, 4) is 0 Å². The average Bonchev–Trinajstić information content (AvgIpc) is 3.09. The molecule has 1 unspecified atom stereocenters. The van der Waals surface area contributed by atoms with Gasteiger partial charge in [-0.25, -0.2) is 4.98 Å². The van der Waals surface area contributed by atoms with E-state index in [4.69, 9.17) is 4.74 Å². The fourth-order valence-corrected chi connectivity index (χ4v) is 3.14. The standard InChI is InChI=1S/C21H40N2O/c1-3-5-7-9-10-11-12-13-15-21(19-23-17-16-22-20-23)24-18-14-8-6-4-2/h16-17,20-21H,3-15,18-19H2,1-2H3. The van der Waals surface area contributed by atoms with E-state index in [0.29, 0.717) is 6.10 Å². The van der Waals surface area contributed by atoms with Gasteiger partial charge in [0, 0.05) is 25.5 Å². The first-order valence-electron chi connectivity index (χ1n) is 10.4. The van der Waals surface area contributed by atoms with Gasteiger partial charge in [-0.15, -0.1) is 0 Å². The lowest BCUT2D eigenvalue weighted by Gasteiger charge is -2.18. The van der Waals surface area contributed by atoms with E-state index in [1.165, 1.54) is 83.5 Å². The first-order chi connectivity index (χ1) is 11.9. The number of unbranched alkanes of at least 4 members (excludes halogenated alkanes) is 10. The lowest BCUT2D eigenvalue weighted by atomic mass is 10.1. The van der Waals surface area contributed by atoms with Crippen LogP contribution in [0.5, 0.6) is 0 Å².